The number of ether oxygens (including phenoxy) is 1. The SMILES string of the molecule is CC1=C(C(=O)OC2CCCCC2)[C@@H](c2ccc(C)cc2)C2C(=O)CCCC2=N1. The van der Waals surface area contributed by atoms with Crippen molar-refractivity contribution in [1.29, 1.82) is 0 Å². The number of carbonyl (C=O) groups is 2. The van der Waals surface area contributed by atoms with Gasteiger partial charge >= 0.3 is 5.97 Å². The maximum Gasteiger partial charge on any atom is 0.336 e. The van der Waals surface area contributed by atoms with Gasteiger partial charge in [-0.25, -0.2) is 4.79 Å². The Morgan fingerprint density at radius 3 is 2.39 bits per heavy atom. The van der Waals surface area contributed by atoms with E-state index in [1.165, 1.54) is 6.42 Å². The highest BCUT2D eigenvalue weighted by Gasteiger charge is 2.44. The third-order valence-corrected chi connectivity index (χ3v) is 6.39. The van der Waals surface area contributed by atoms with Gasteiger partial charge in [0.2, 0.25) is 0 Å². The van der Waals surface area contributed by atoms with E-state index in [1.54, 1.807) is 0 Å². The number of rotatable bonds is 3. The van der Waals surface area contributed by atoms with Crippen molar-refractivity contribution in [3.8, 4) is 0 Å². The number of allylic oxidation sites excluding steroid dienone is 1. The Bertz CT molecular complexity index is 828. The molecule has 1 aromatic rings. The summed E-state index contributed by atoms with van der Waals surface area (Å²) in [6.07, 6.45) is 7.55. The van der Waals surface area contributed by atoms with Crippen LogP contribution in [0, 0.1) is 12.8 Å². The molecule has 2 fully saturated rings. The first-order chi connectivity index (χ1) is 13.5. The second-order valence-corrected chi connectivity index (χ2v) is 8.45. The molecule has 1 aromatic carbocycles. The molecule has 1 unspecified atom stereocenters. The normalized spacial score (nSPS) is 25.9. The molecule has 3 aliphatic rings. The molecule has 1 heterocycles. The highest BCUT2D eigenvalue weighted by Crippen LogP contribution is 2.43. The fourth-order valence-electron chi connectivity index (χ4n) is 4.92. The number of Topliss-reactive ketones (excluding diaryl/α,β-unsaturated/α-hetero) is 1. The first-order valence-corrected chi connectivity index (χ1v) is 10.6. The van der Waals surface area contributed by atoms with E-state index < -0.39 is 0 Å². The van der Waals surface area contributed by atoms with Crippen LogP contribution < -0.4 is 0 Å². The van der Waals surface area contributed by atoms with Gasteiger partial charge in [0.15, 0.2) is 0 Å². The Morgan fingerprint density at radius 1 is 0.964 bits per heavy atom. The van der Waals surface area contributed by atoms with Gasteiger partial charge in [0.1, 0.15) is 11.9 Å². The molecule has 0 aromatic heterocycles. The predicted molar refractivity (Wildman–Crippen MR) is 109 cm³/mol. The molecule has 2 atom stereocenters. The van der Waals surface area contributed by atoms with E-state index >= 15 is 0 Å². The van der Waals surface area contributed by atoms with Gasteiger partial charge in [-0.15, -0.1) is 0 Å². The Balaban J connectivity index is 1.72. The minimum Gasteiger partial charge on any atom is -0.459 e. The number of benzene rings is 1. The average Bonchev–Trinajstić information content (AvgIpc) is 2.68. The molecule has 4 rings (SSSR count). The molecule has 28 heavy (non-hydrogen) atoms. The summed E-state index contributed by atoms with van der Waals surface area (Å²) in [5.74, 6) is -0.687. The number of aliphatic imine (C=N–C) groups is 1. The smallest absolute Gasteiger partial charge is 0.336 e. The topological polar surface area (TPSA) is 55.7 Å². The van der Waals surface area contributed by atoms with E-state index in [0.717, 1.165) is 55.4 Å². The maximum atomic E-state index is 13.2. The zero-order valence-electron chi connectivity index (χ0n) is 16.9. The first-order valence-electron chi connectivity index (χ1n) is 10.6. The molecule has 0 amide bonds. The van der Waals surface area contributed by atoms with Gasteiger partial charge in [0.25, 0.3) is 0 Å². The number of ketones is 1. The van der Waals surface area contributed by atoms with Crippen molar-refractivity contribution in [2.24, 2.45) is 10.9 Å². The van der Waals surface area contributed by atoms with Crippen LogP contribution in [0.15, 0.2) is 40.5 Å². The maximum absolute atomic E-state index is 13.2. The Labute approximate surface area is 167 Å². The van der Waals surface area contributed by atoms with Crippen molar-refractivity contribution >= 4 is 17.5 Å². The minimum absolute atomic E-state index is 0.00680. The van der Waals surface area contributed by atoms with Crippen molar-refractivity contribution in [3.05, 3.63) is 46.7 Å². The molecular formula is C24H29NO3. The summed E-state index contributed by atoms with van der Waals surface area (Å²) in [5, 5.41) is 0. The summed E-state index contributed by atoms with van der Waals surface area (Å²) >= 11 is 0. The average molecular weight is 380 g/mol. The van der Waals surface area contributed by atoms with Gasteiger partial charge in [0.05, 0.1) is 11.5 Å². The number of aryl methyl sites for hydroxylation is 1. The molecule has 4 heteroatoms. The third kappa shape index (κ3) is 3.69. The van der Waals surface area contributed by atoms with Crippen molar-refractivity contribution < 1.29 is 14.3 Å². The van der Waals surface area contributed by atoms with Crippen molar-refractivity contribution in [2.75, 3.05) is 0 Å². The van der Waals surface area contributed by atoms with Crippen molar-refractivity contribution in [1.82, 2.24) is 0 Å². The van der Waals surface area contributed by atoms with E-state index in [-0.39, 0.29) is 29.7 Å². The van der Waals surface area contributed by atoms with Crippen LogP contribution in [-0.4, -0.2) is 23.6 Å². The Morgan fingerprint density at radius 2 is 1.68 bits per heavy atom. The molecule has 0 N–H and O–H groups in total. The van der Waals surface area contributed by atoms with Crippen LogP contribution in [0.3, 0.4) is 0 Å². The molecule has 4 nitrogen and oxygen atoms in total. The van der Waals surface area contributed by atoms with Gasteiger partial charge in [-0.2, -0.15) is 0 Å². The van der Waals surface area contributed by atoms with Gasteiger partial charge < -0.3 is 4.74 Å². The molecular weight excluding hydrogens is 350 g/mol. The number of nitrogens with zero attached hydrogens (tertiary/aromatic N) is 1. The summed E-state index contributed by atoms with van der Waals surface area (Å²) in [5.41, 5.74) is 4.41. The van der Waals surface area contributed by atoms with Crippen LogP contribution in [0.2, 0.25) is 0 Å². The van der Waals surface area contributed by atoms with Crippen LogP contribution >= 0.6 is 0 Å². The van der Waals surface area contributed by atoms with Crippen molar-refractivity contribution in [3.63, 3.8) is 0 Å². The van der Waals surface area contributed by atoms with Gasteiger partial charge in [0, 0.05) is 23.7 Å². The molecule has 1 aliphatic heterocycles. The van der Waals surface area contributed by atoms with E-state index in [2.05, 4.69) is 0 Å². The zero-order valence-corrected chi connectivity index (χ0v) is 16.9. The monoisotopic (exact) mass is 379 g/mol. The zero-order chi connectivity index (χ0) is 19.7. The van der Waals surface area contributed by atoms with Crippen molar-refractivity contribution in [2.45, 2.75) is 77.2 Å². The van der Waals surface area contributed by atoms with E-state index in [0.29, 0.717) is 17.7 Å². The predicted octanol–water partition coefficient (Wildman–Crippen LogP) is 5.05. The summed E-state index contributed by atoms with van der Waals surface area (Å²) in [7, 11) is 0. The van der Waals surface area contributed by atoms with Gasteiger partial charge in [-0.1, -0.05) is 36.2 Å². The number of esters is 1. The number of fused-ring (bicyclic) bond motifs is 1. The van der Waals surface area contributed by atoms with Crippen LogP contribution in [-0.2, 0) is 14.3 Å². The second kappa shape index (κ2) is 8.02. The highest BCUT2D eigenvalue weighted by molar-refractivity contribution is 6.11. The quantitative estimate of drug-likeness (QED) is 0.690. The first kappa shape index (κ1) is 19.1. The van der Waals surface area contributed by atoms with Crippen LogP contribution in [0.4, 0.5) is 0 Å². The number of hydrogen-bond donors (Lipinski definition) is 0. The van der Waals surface area contributed by atoms with E-state index in [1.807, 2.05) is 38.1 Å². The number of hydrogen-bond acceptors (Lipinski definition) is 4. The van der Waals surface area contributed by atoms with E-state index in [9.17, 15) is 9.59 Å². The lowest BCUT2D eigenvalue weighted by Crippen LogP contribution is -2.39. The summed E-state index contributed by atoms with van der Waals surface area (Å²) < 4.78 is 5.91. The highest BCUT2D eigenvalue weighted by atomic mass is 16.5. The molecule has 0 bridgehead atoms. The summed E-state index contributed by atoms with van der Waals surface area (Å²) in [4.78, 5) is 30.9. The van der Waals surface area contributed by atoms with Gasteiger partial charge in [-0.3, -0.25) is 9.79 Å². The molecule has 2 saturated carbocycles. The Kier molecular flexibility index (Phi) is 5.47. The lowest BCUT2D eigenvalue weighted by Gasteiger charge is -2.36. The summed E-state index contributed by atoms with van der Waals surface area (Å²) in [6, 6.07) is 8.19. The minimum atomic E-state index is -0.325. The van der Waals surface area contributed by atoms with Crippen LogP contribution in [0.1, 0.15) is 75.3 Å². The van der Waals surface area contributed by atoms with Crippen LogP contribution in [0.5, 0.6) is 0 Å². The second-order valence-electron chi connectivity index (χ2n) is 8.45. The lowest BCUT2D eigenvalue weighted by atomic mass is 9.69. The third-order valence-electron chi connectivity index (χ3n) is 6.39. The molecule has 148 valence electrons. The largest absolute Gasteiger partial charge is 0.459 e. The molecule has 0 spiro atoms. The fourth-order valence-corrected chi connectivity index (χ4v) is 4.92. The van der Waals surface area contributed by atoms with E-state index in [4.69, 9.17) is 9.73 Å². The molecule has 0 radical (unpaired) electrons. The standard InChI is InChI=1S/C24H29NO3/c1-15-11-13-17(14-12-15)22-21(24(27)28-18-7-4-3-5-8-18)16(2)25-19-9-6-10-20(26)23(19)22/h11-14,18,22-23H,3-10H2,1-2H3/t22-,23?/m1/s1. The number of carbonyl (C=O) groups excluding carboxylic acids is 2. The Hall–Kier alpha value is -2.23. The lowest BCUT2D eigenvalue weighted by molar-refractivity contribution is -0.146. The molecule has 0 saturated heterocycles. The van der Waals surface area contributed by atoms with Gasteiger partial charge in [-0.05, 0) is 57.9 Å². The fraction of sp³-hybridized carbons (Fsp3) is 0.542. The summed E-state index contributed by atoms with van der Waals surface area (Å²) in [6.45, 7) is 3.93. The molecule has 2 aliphatic carbocycles. The van der Waals surface area contributed by atoms with Crippen LogP contribution in [0.25, 0.3) is 0 Å².